The Morgan fingerprint density at radius 3 is 2.77 bits per heavy atom. The molecule has 30 heavy (non-hydrogen) atoms. The molecule has 0 radical (unpaired) electrons. The van der Waals surface area contributed by atoms with Crippen molar-refractivity contribution in [2.75, 3.05) is 24.5 Å². The van der Waals surface area contributed by atoms with Crippen LogP contribution in [0.2, 0.25) is 0 Å². The van der Waals surface area contributed by atoms with E-state index in [4.69, 9.17) is 0 Å². The summed E-state index contributed by atoms with van der Waals surface area (Å²) in [7, 11) is 0. The molecule has 1 aliphatic heterocycles. The monoisotopic (exact) mass is 399 g/mol. The third-order valence-corrected chi connectivity index (χ3v) is 5.14. The second kappa shape index (κ2) is 8.02. The van der Waals surface area contributed by atoms with Gasteiger partial charge >= 0.3 is 0 Å². The molecule has 0 aliphatic carbocycles. The molecule has 1 fully saturated rings. The van der Waals surface area contributed by atoms with Gasteiger partial charge in [0.25, 0.3) is 5.56 Å². The van der Waals surface area contributed by atoms with Crippen molar-refractivity contribution < 1.29 is 0 Å². The van der Waals surface area contributed by atoms with Crippen LogP contribution in [0, 0.1) is 0 Å². The second-order valence-electron chi connectivity index (χ2n) is 7.09. The van der Waals surface area contributed by atoms with Gasteiger partial charge in [0.2, 0.25) is 0 Å². The van der Waals surface area contributed by atoms with E-state index in [9.17, 15) is 4.79 Å². The lowest BCUT2D eigenvalue weighted by molar-refractivity contribution is 0.421. The molecule has 8 nitrogen and oxygen atoms in total. The number of nitrogens with one attached hydrogen (secondary N) is 3. The molecule has 4 heterocycles. The van der Waals surface area contributed by atoms with Crippen molar-refractivity contribution in [3.63, 3.8) is 0 Å². The molecule has 3 N–H and O–H groups in total. The molecule has 8 heteroatoms. The summed E-state index contributed by atoms with van der Waals surface area (Å²) in [6.07, 6.45) is 4.98. The molecule has 0 saturated carbocycles. The molecule has 0 amide bonds. The summed E-state index contributed by atoms with van der Waals surface area (Å²) in [5, 5.41) is 7.50. The summed E-state index contributed by atoms with van der Waals surface area (Å²) in [4.78, 5) is 30.9. The number of para-hydroxylation sites is 1. The average Bonchev–Trinajstić information content (AvgIpc) is 2.81. The molecule has 4 aromatic rings. The molecule has 0 spiro atoms. The summed E-state index contributed by atoms with van der Waals surface area (Å²) >= 11 is 0. The van der Waals surface area contributed by atoms with Crippen LogP contribution in [0.5, 0.6) is 0 Å². The van der Waals surface area contributed by atoms with Crippen LogP contribution in [0.15, 0.2) is 71.9 Å². The fraction of sp³-hybridized carbons (Fsp3) is 0.182. The van der Waals surface area contributed by atoms with Gasteiger partial charge in [0.15, 0.2) is 0 Å². The van der Waals surface area contributed by atoms with Crippen molar-refractivity contribution in [3.8, 4) is 11.4 Å². The SMILES string of the molecule is O=c1[nH]c(-c2ccnc(N(c3ccccc3)C3CNCCN3)c2)nc2cnccc12. The van der Waals surface area contributed by atoms with E-state index in [1.54, 1.807) is 24.7 Å². The van der Waals surface area contributed by atoms with Crippen LogP contribution in [-0.4, -0.2) is 45.7 Å². The van der Waals surface area contributed by atoms with E-state index in [1.807, 2.05) is 30.3 Å². The second-order valence-corrected chi connectivity index (χ2v) is 7.09. The largest absolute Gasteiger partial charge is 0.312 e. The van der Waals surface area contributed by atoms with Crippen LogP contribution in [0.3, 0.4) is 0 Å². The van der Waals surface area contributed by atoms with Crippen molar-refractivity contribution in [1.29, 1.82) is 0 Å². The van der Waals surface area contributed by atoms with Crippen LogP contribution < -0.4 is 21.1 Å². The molecule has 1 unspecified atom stereocenters. The first kappa shape index (κ1) is 18.4. The van der Waals surface area contributed by atoms with Gasteiger partial charge in [0.1, 0.15) is 11.6 Å². The quantitative estimate of drug-likeness (QED) is 0.483. The van der Waals surface area contributed by atoms with E-state index in [1.165, 1.54) is 0 Å². The molecule has 5 rings (SSSR count). The third-order valence-electron chi connectivity index (χ3n) is 5.14. The standard InChI is InChI=1S/C22H21N7O/c30-22-17-7-8-23-13-18(17)27-21(28-22)15-6-9-25-19(12-15)29(16-4-2-1-3-5-16)20-14-24-10-11-26-20/h1-9,12-13,20,24,26H,10-11,14H2,(H,27,28,30). The maximum Gasteiger partial charge on any atom is 0.259 e. The van der Waals surface area contributed by atoms with Crippen molar-refractivity contribution >= 4 is 22.4 Å². The van der Waals surface area contributed by atoms with Gasteiger partial charge in [-0.3, -0.25) is 15.1 Å². The van der Waals surface area contributed by atoms with Crippen LogP contribution in [0.4, 0.5) is 11.5 Å². The maximum atomic E-state index is 12.5. The maximum absolute atomic E-state index is 12.5. The molecular formula is C22H21N7O. The highest BCUT2D eigenvalue weighted by Gasteiger charge is 2.23. The van der Waals surface area contributed by atoms with Crippen molar-refractivity contribution in [3.05, 3.63) is 77.5 Å². The number of rotatable bonds is 4. The molecule has 150 valence electrons. The Hall–Kier alpha value is -3.62. The number of fused-ring (bicyclic) bond motifs is 1. The van der Waals surface area contributed by atoms with Gasteiger partial charge in [-0.2, -0.15) is 0 Å². The average molecular weight is 399 g/mol. The molecule has 1 aromatic carbocycles. The zero-order valence-corrected chi connectivity index (χ0v) is 16.2. The number of hydrogen-bond donors (Lipinski definition) is 3. The Labute approximate surface area is 173 Å². The highest BCUT2D eigenvalue weighted by molar-refractivity contribution is 5.78. The number of anilines is 2. The van der Waals surface area contributed by atoms with Crippen molar-refractivity contribution in [2.45, 2.75) is 6.17 Å². The smallest absolute Gasteiger partial charge is 0.259 e. The van der Waals surface area contributed by atoms with Crippen LogP contribution in [0.25, 0.3) is 22.3 Å². The predicted molar refractivity (Wildman–Crippen MR) is 117 cm³/mol. The fourth-order valence-electron chi connectivity index (χ4n) is 3.71. The first-order valence-electron chi connectivity index (χ1n) is 9.88. The zero-order valence-electron chi connectivity index (χ0n) is 16.2. The van der Waals surface area contributed by atoms with Crippen LogP contribution >= 0.6 is 0 Å². The fourth-order valence-corrected chi connectivity index (χ4v) is 3.71. The molecule has 0 bridgehead atoms. The Kier molecular flexibility index (Phi) is 4.92. The number of H-pyrrole nitrogens is 1. The van der Waals surface area contributed by atoms with Crippen molar-refractivity contribution in [1.82, 2.24) is 30.6 Å². The topological polar surface area (TPSA) is 98.8 Å². The summed E-state index contributed by atoms with van der Waals surface area (Å²) in [6, 6.07) is 15.6. The molecule has 3 aromatic heterocycles. The first-order valence-corrected chi connectivity index (χ1v) is 9.88. The lowest BCUT2D eigenvalue weighted by Gasteiger charge is -2.36. The van der Waals surface area contributed by atoms with E-state index in [2.05, 4.69) is 47.6 Å². The lowest BCUT2D eigenvalue weighted by atomic mass is 10.2. The highest BCUT2D eigenvalue weighted by Crippen LogP contribution is 2.28. The minimum absolute atomic E-state index is 0.0525. The summed E-state index contributed by atoms with van der Waals surface area (Å²) in [5.41, 5.74) is 2.20. The number of piperazine rings is 1. The normalized spacial score (nSPS) is 16.5. The predicted octanol–water partition coefficient (Wildman–Crippen LogP) is 2.04. The van der Waals surface area contributed by atoms with Gasteiger partial charge in [0.05, 0.1) is 23.3 Å². The van der Waals surface area contributed by atoms with E-state index in [-0.39, 0.29) is 11.7 Å². The van der Waals surface area contributed by atoms with Crippen LogP contribution in [0.1, 0.15) is 0 Å². The molecule has 1 saturated heterocycles. The molecule has 1 atom stereocenters. The zero-order chi connectivity index (χ0) is 20.3. The van der Waals surface area contributed by atoms with Gasteiger partial charge in [-0.15, -0.1) is 0 Å². The Balaban J connectivity index is 1.59. The third kappa shape index (κ3) is 3.54. The van der Waals surface area contributed by atoms with E-state index < -0.39 is 0 Å². The number of pyridine rings is 2. The number of nitrogens with zero attached hydrogens (tertiary/aromatic N) is 4. The van der Waals surface area contributed by atoms with Crippen LogP contribution in [-0.2, 0) is 0 Å². The Morgan fingerprint density at radius 1 is 1.03 bits per heavy atom. The summed E-state index contributed by atoms with van der Waals surface area (Å²) in [6.45, 7) is 2.60. The van der Waals surface area contributed by atoms with E-state index in [0.29, 0.717) is 16.7 Å². The van der Waals surface area contributed by atoms with Gasteiger partial charge in [-0.05, 0) is 30.3 Å². The lowest BCUT2D eigenvalue weighted by Crippen LogP contribution is -2.56. The van der Waals surface area contributed by atoms with E-state index in [0.717, 1.165) is 36.7 Å². The van der Waals surface area contributed by atoms with Gasteiger partial charge < -0.3 is 15.2 Å². The first-order chi connectivity index (χ1) is 14.8. The molecular weight excluding hydrogens is 378 g/mol. The van der Waals surface area contributed by atoms with Gasteiger partial charge in [-0.25, -0.2) is 9.97 Å². The van der Waals surface area contributed by atoms with Crippen molar-refractivity contribution in [2.24, 2.45) is 0 Å². The number of hydrogen-bond acceptors (Lipinski definition) is 7. The minimum atomic E-state index is -0.186. The molecule has 1 aliphatic rings. The number of benzene rings is 1. The van der Waals surface area contributed by atoms with Gasteiger partial charge in [-0.1, -0.05) is 18.2 Å². The number of aromatic nitrogens is 4. The van der Waals surface area contributed by atoms with Gasteiger partial charge in [0, 0.05) is 43.3 Å². The number of aromatic amines is 1. The van der Waals surface area contributed by atoms with E-state index >= 15 is 0 Å². The Morgan fingerprint density at radius 2 is 1.93 bits per heavy atom. The summed E-state index contributed by atoms with van der Waals surface area (Å²) in [5.74, 6) is 1.26. The minimum Gasteiger partial charge on any atom is -0.312 e. The summed E-state index contributed by atoms with van der Waals surface area (Å²) < 4.78 is 0. The highest BCUT2D eigenvalue weighted by atomic mass is 16.1. The Bertz CT molecular complexity index is 1220.